The highest BCUT2D eigenvalue weighted by atomic mass is 35.5. The summed E-state index contributed by atoms with van der Waals surface area (Å²) in [6.45, 7) is 2.50. The van der Waals surface area contributed by atoms with Crippen molar-refractivity contribution in [3.8, 4) is 0 Å². The Bertz CT molecular complexity index is 825. The SMILES string of the molecule is CCN(C(=O)c1cc2cc(Cl)cc(Cl)c2oc1=O)C1CCCCC1. The zero-order valence-corrected chi connectivity index (χ0v) is 15.0. The van der Waals surface area contributed by atoms with E-state index in [1.54, 1.807) is 11.0 Å². The predicted octanol–water partition coefficient (Wildman–Crippen LogP) is 4.89. The number of amides is 1. The highest BCUT2D eigenvalue weighted by Crippen LogP contribution is 2.28. The van der Waals surface area contributed by atoms with Gasteiger partial charge in [0.15, 0.2) is 5.58 Å². The Labute approximate surface area is 150 Å². The molecule has 1 amide bonds. The first-order valence-electron chi connectivity index (χ1n) is 8.25. The van der Waals surface area contributed by atoms with Crippen LogP contribution < -0.4 is 5.63 Å². The van der Waals surface area contributed by atoms with E-state index in [2.05, 4.69) is 0 Å². The normalized spacial score (nSPS) is 15.6. The molecule has 1 aromatic heterocycles. The number of fused-ring (bicyclic) bond motifs is 1. The first-order valence-corrected chi connectivity index (χ1v) is 9.00. The average molecular weight is 368 g/mol. The molecule has 2 aromatic rings. The van der Waals surface area contributed by atoms with E-state index >= 15 is 0 Å². The fourth-order valence-electron chi connectivity index (χ4n) is 3.42. The second-order valence-electron chi connectivity index (χ2n) is 6.14. The van der Waals surface area contributed by atoms with Crippen LogP contribution in [-0.2, 0) is 0 Å². The molecule has 1 fully saturated rings. The molecule has 0 bridgehead atoms. The number of nitrogens with zero attached hydrogens (tertiary/aromatic N) is 1. The minimum atomic E-state index is -0.661. The molecule has 3 rings (SSSR count). The molecule has 0 saturated heterocycles. The molecule has 0 N–H and O–H groups in total. The van der Waals surface area contributed by atoms with Crippen LogP contribution >= 0.6 is 23.2 Å². The van der Waals surface area contributed by atoms with Gasteiger partial charge in [-0.05, 0) is 38.0 Å². The van der Waals surface area contributed by atoms with Gasteiger partial charge in [0.2, 0.25) is 0 Å². The van der Waals surface area contributed by atoms with Crippen LogP contribution in [0.5, 0.6) is 0 Å². The molecule has 6 heteroatoms. The van der Waals surface area contributed by atoms with Gasteiger partial charge in [-0.15, -0.1) is 0 Å². The Kier molecular flexibility index (Phi) is 5.16. The maximum Gasteiger partial charge on any atom is 0.349 e. The number of hydrogen-bond donors (Lipinski definition) is 0. The van der Waals surface area contributed by atoms with Gasteiger partial charge in [0.05, 0.1) is 5.02 Å². The summed E-state index contributed by atoms with van der Waals surface area (Å²) in [6.07, 6.45) is 5.40. The van der Waals surface area contributed by atoms with Gasteiger partial charge in [0, 0.05) is 23.0 Å². The molecule has 24 heavy (non-hydrogen) atoms. The molecule has 1 aromatic carbocycles. The van der Waals surface area contributed by atoms with Crippen molar-refractivity contribution in [2.75, 3.05) is 6.54 Å². The van der Waals surface area contributed by atoms with Crippen molar-refractivity contribution in [2.45, 2.75) is 45.1 Å². The Hall–Kier alpha value is -1.52. The summed E-state index contributed by atoms with van der Waals surface area (Å²) in [5.74, 6) is -0.281. The molecule has 1 aliphatic rings. The van der Waals surface area contributed by atoms with Crippen molar-refractivity contribution in [3.05, 3.63) is 44.2 Å². The van der Waals surface area contributed by atoms with Gasteiger partial charge in [-0.1, -0.05) is 42.5 Å². The Morgan fingerprint density at radius 1 is 1.21 bits per heavy atom. The minimum absolute atomic E-state index is 0.0354. The van der Waals surface area contributed by atoms with Crippen molar-refractivity contribution >= 4 is 40.1 Å². The molecule has 0 spiro atoms. The van der Waals surface area contributed by atoms with Gasteiger partial charge < -0.3 is 9.32 Å². The van der Waals surface area contributed by atoms with E-state index in [0.717, 1.165) is 25.7 Å². The van der Waals surface area contributed by atoms with Crippen molar-refractivity contribution in [2.24, 2.45) is 0 Å². The quantitative estimate of drug-likeness (QED) is 0.725. The third-order valence-corrected chi connectivity index (χ3v) is 5.10. The van der Waals surface area contributed by atoms with Crippen molar-refractivity contribution in [3.63, 3.8) is 0 Å². The molecule has 0 radical (unpaired) electrons. The Balaban J connectivity index is 2.02. The lowest BCUT2D eigenvalue weighted by atomic mass is 9.93. The topological polar surface area (TPSA) is 50.5 Å². The van der Waals surface area contributed by atoms with E-state index < -0.39 is 5.63 Å². The van der Waals surface area contributed by atoms with Crippen molar-refractivity contribution < 1.29 is 9.21 Å². The standard InChI is InChI=1S/C18H19Cl2NO3/c1-2-21(13-6-4-3-5-7-13)17(22)14-9-11-8-12(19)10-15(20)16(11)24-18(14)23/h8-10,13H,2-7H2,1H3. The van der Waals surface area contributed by atoms with Crippen LogP contribution in [-0.4, -0.2) is 23.4 Å². The summed E-state index contributed by atoms with van der Waals surface area (Å²) in [5, 5.41) is 1.24. The van der Waals surface area contributed by atoms with E-state index in [0.29, 0.717) is 17.0 Å². The molecule has 0 aliphatic heterocycles. The van der Waals surface area contributed by atoms with E-state index in [1.807, 2.05) is 6.92 Å². The van der Waals surface area contributed by atoms with Crippen molar-refractivity contribution in [1.29, 1.82) is 0 Å². The Morgan fingerprint density at radius 3 is 2.58 bits per heavy atom. The second kappa shape index (κ2) is 7.16. The predicted molar refractivity (Wildman–Crippen MR) is 96.1 cm³/mol. The third-order valence-electron chi connectivity index (χ3n) is 4.60. The van der Waals surface area contributed by atoms with Gasteiger partial charge in [-0.2, -0.15) is 0 Å². The van der Waals surface area contributed by atoms with E-state index in [4.69, 9.17) is 27.6 Å². The van der Waals surface area contributed by atoms with E-state index in [1.165, 1.54) is 18.6 Å². The maximum absolute atomic E-state index is 12.9. The number of halogens is 2. The van der Waals surface area contributed by atoms with Gasteiger partial charge in [0.25, 0.3) is 5.91 Å². The lowest BCUT2D eigenvalue weighted by Crippen LogP contribution is -2.42. The summed E-state index contributed by atoms with van der Waals surface area (Å²) in [6, 6.07) is 4.87. The molecule has 1 heterocycles. The molecule has 128 valence electrons. The van der Waals surface area contributed by atoms with Crippen LogP contribution in [0.25, 0.3) is 11.0 Å². The largest absolute Gasteiger partial charge is 0.421 e. The van der Waals surface area contributed by atoms with Crippen LogP contribution in [0.3, 0.4) is 0 Å². The van der Waals surface area contributed by atoms with Crippen LogP contribution in [0.1, 0.15) is 49.4 Å². The summed E-state index contributed by atoms with van der Waals surface area (Å²) >= 11 is 12.1. The van der Waals surface area contributed by atoms with E-state index in [-0.39, 0.29) is 28.1 Å². The smallest absolute Gasteiger partial charge is 0.349 e. The summed E-state index contributed by atoms with van der Waals surface area (Å²) < 4.78 is 5.29. The van der Waals surface area contributed by atoms with Crippen molar-refractivity contribution in [1.82, 2.24) is 4.90 Å². The van der Waals surface area contributed by atoms with E-state index in [9.17, 15) is 9.59 Å². The average Bonchev–Trinajstić information content (AvgIpc) is 2.56. The van der Waals surface area contributed by atoms with Gasteiger partial charge in [-0.25, -0.2) is 4.79 Å². The van der Waals surface area contributed by atoms with Crippen LogP contribution in [0.15, 0.2) is 27.4 Å². The number of benzene rings is 1. The molecule has 0 unspecified atom stereocenters. The highest BCUT2D eigenvalue weighted by Gasteiger charge is 2.27. The summed E-state index contributed by atoms with van der Waals surface area (Å²) in [7, 11) is 0. The zero-order chi connectivity index (χ0) is 17.3. The van der Waals surface area contributed by atoms with Gasteiger partial charge in [0.1, 0.15) is 5.56 Å². The monoisotopic (exact) mass is 367 g/mol. The molecular formula is C18H19Cl2NO3. The maximum atomic E-state index is 12.9. The fraction of sp³-hybridized carbons (Fsp3) is 0.444. The number of rotatable bonds is 3. The van der Waals surface area contributed by atoms with Crippen LogP contribution in [0.2, 0.25) is 10.0 Å². The number of hydrogen-bond acceptors (Lipinski definition) is 3. The first-order chi connectivity index (χ1) is 11.5. The van der Waals surface area contributed by atoms with Crippen LogP contribution in [0.4, 0.5) is 0 Å². The molecular weight excluding hydrogens is 349 g/mol. The lowest BCUT2D eigenvalue weighted by Gasteiger charge is -2.33. The number of carbonyl (C=O) groups is 1. The summed E-state index contributed by atoms with van der Waals surface area (Å²) in [5.41, 5.74) is -0.373. The minimum Gasteiger partial charge on any atom is -0.421 e. The lowest BCUT2D eigenvalue weighted by molar-refractivity contribution is 0.0644. The third kappa shape index (κ3) is 3.31. The molecule has 1 saturated carbocycles. The van der Waals surface area contributed by atoms with Crippen LogP contribution in [0, 0.1) is 0 Å². The fourth-order valence-corrected chi connectivity index (χ4v) is 3.97. The number of carbonyl (C=O) groups excluding carboxylic acids is 1. The molecule has 4 nitrogen and oxygen atoms in total. The molecule has 0 atom stereocenters. The second-order valence-corrected chi connectivity index (χ2v) is 6.98. The highest BCUT2D eigenvalue weighted by molar-refractivity contribution is 6.38. The zero-order valence-electron chi connectivity index (χ0n) is 13.5. The van der Waals surface area contributed by atoms with Gasteiger partial charge in [-0.3, -0.25) is 4.79 Å². The summed E-state index contributed by atoms with van der Waals surface area (Å²) in [4.78, 5) is 27.0. The first kappa shape index (κ1) is 17.3. The Morgan fingerprint density at radius 2 is 1.92 bits per heavy atom. The van der Waals surface area contributed by atoms with Gasteiger partial charge >= 0.3 is 5.63 Å². The molecule has 1 aliphatic carbocycles.